The lowest BCUT2D eigenvalue weighted by atomic mass is 10.2. The maximum atomic E-state index is 13.6. The van der Waals surface area contributed by atoms with E-state index in [1.165, 1.54) is 8.61 Å². The van der Waals surface area contributed by atoms with E-state index >= 15 is 0 Å². The number of benzene rings is 1. The summed E-state index contributed by atoms with van der Waals surface area (Å²) >= 11 is 7.71. The molecule has 0 bridgehead atoms. The van der Waals surface area contributed by atoms with E-state index in [2.05, 4.69) is 15.2 Å². The predicted octanol–water partition coefficient (Wildman–Crippen LogP) is 3.41. The fraction of sp³-hybridized carbons (Fsp3) is 0.250. The lowest BCUT2D eigenvalue weighted by Crippen LogP contribution is -2.48. The number of anilines is 1. The third-order valence-corrected chi connectivity index (χ3v) is 8.88. The molecule has 0 saturated carbocycles. The molecule has 4 aromatic rings. The van der Waals surface area contributed by atoms with Gasteiger partial charge in [0, 0.05) is 46.9 Å². The number of nitrogens with zero attached hydrogens (tertiary/aromatic N) is 6. The van der Waals surface area contributed by atoms with Crippen LogP contribution in [0.1, 0.15) is 5.82 Å². The lowest BCUT2D eigenvalue weighted by molar-refractivity contribution is 0.334. The van der Waals surface area contributed by atoms with Gasteiger partial charge in [0.05, 0.1) is 24.0 Å². The molecule has 0 radical (unpaired) electrons. The van der Waals surface area contributed by atoms with Gasteiger partial charge in [0.15, 0.2) is 0 Å². The number of pyridine rings is 1. The number of hydrogen-bond donors (Lipinski definition) is 0. The quantitative estimate of drug-likeness (QED) is 0.436. The van der Waals surface area contributed by atoms with Crippen LogP contribution in [-0.2, 0) is 23.3 Å². The number of fused-ring (bicyclic) bond motifs is 3. The number of aromatic nitrogens is 4. The van der Waals surface area contributed by atoms with Gasteiger partial charge in [-0.25, -0.2) is 0 Å². The molecule has 2 aliphatic heterocycles. The van der Waals surface area contributed by atoms with Crippen LogP contribution < -0.4 is 4.31 Å². The first-order valence-corrected chi connectivity index (χ1v) is 12.7. The Morgan fingerprint density at radius 1 is 1.12 bits per heavy atom. The molecule has 0 unspecified atom stereocenters. The van der Waals surface area contributed by atoms with Crippen LogP contribution in [-0.4, -0.2) is 51.3 Å². The van der Waals surface area contributed by atoms with E-state index in [0.717, 1.165) is 15.8 Å². The average Bonchev–Trinajstić information content (AvgIpc) is 3.44. The van der Waals surface area contributed by atoms with Crippen molar-refractivity contribution >= 4 is 50.2 Å². The van der Waals surface area contributed by atoms with E-state index in [0.29, 0.717) is 53.3 Å². The van der Waals surface area contributed by atoms with Crippen molar-refractivity contribution in [3.05, 3.63) is 53.8 Å². The fourth-order valence-electron chi connectivity index (χ4n) is 4.06. The molecule has 9 nitrogen and oxygen atoms in total. The summed E-state index contributed by atoms with van der Waals surface area (Å²) in [5, 5.41) is 9.43. The molecular formula is C20H17ClN6O3S2. The minimum atomic E-state index is -3.76. The molecule has 32 heavy (non-hydrogen) atoms. The second-order valence-electron chi connectivity index (χ2n) is 7.53. The highest BCUT2D eigenvalue weighted by Gasteiger charge is 2.37. The Morgan fingerprint density at radius 3 is 2.94 bits per heavy atom. The van der Waals surface area contributed by atoms with Gasteiger partial charge >= 0.3 is 10.2 Å². The second-order valence-corrected chi connectivity index (χ2v) is 10.9. The van der Waals surface area contributed by atoms with Crippen LogP contribution in [0.4, 0.5) is 5.69 Å². The summed E-state index contributed by atoms with van der Waals surface area (Å²) < 4.78 is 38.0. The standard InChI is InChI=1S/C20H17ClN6O3S2/c21-14-1-2-17-13(7-14)8-18(30-17)15-9-22-10-16-20(15)31-6-5-27(16)32(28,29)26-4-3-25-12-23-24-19(25)11-26/h1-2,7-10,12H,3-6,11H2. The molecular weight excluding hydrogens is 472 g/mol. The van der Waals surface area contributed by atoms with Crippen molar-refractivity contribution in [2.24, 2.45) is 0 Å². The van der Waals surface area contributed by atoms with Crippen LogP contribution in [0.3, 0.4) is 0 Å². The fourth-order valence-corrected chi connectivity index (χ4v) is 7.09. The summed E-state index contributed by atoms with van der Waals surface area (Å²) in [6.07, 6.45) is 4.95. The number of halogens is 1. The van der Waals surface area contributed by atoms with Gasteiger partial charge in [-0.3, -0.25) is 9.29 Å². The van der Waals surface area contributed by atoms with Crippen molar-refractivity contribution < 1.29 is 12.8 Å². The monoisotopic (exact) mass is 488 g/mol. The van der Waals surface area contributed by atoms with Crippen LogP contribution in [0.5, 0.6) is 0 Å². The number of hydrogen-bond acceptors (Lipinski definition) is 7. The van der Waals surface area contributed by atoms with Gasteiger partial charge in [-0.2, -0.15) is 12.7 Å². The molecule has 12 heteroatoms. The molecule has 0 amide bonds. The van der Waals surface area contributed by atoms with E-state index in [4.69, 9.17) is 16.0 Å². The zero-order valence-corrected chi connectivity index (χ0v) is 19.1. The molecule has 0 saturated heterocycles. The Balaban J connectivity index is 1.40. The first-order chi connectivity index (χ1) is 15.5. The second kappa shape index (κ2) is 7.48. The summed E-state index contributed by atoms with van der Waals surface area (Å²) in [5.41, 5.74) is 2.03. The summed E-state index contributed by atoms with van der Waals surface area (Å²) in [6.45, 7) is 1.45. The predicted molar refractivity (Wildman–Crippen MR) is 122 cm³/mol. The molecule has 2 aliphatic rings. The average molecular weight is 489 g/mol. The van der Waals surface area contributed by atoms with Crippen molar-refractivity contribution in [2.75, 3.05) is 23.1 Å². The molecule has 1 aromatic carbocycles. The van der Waals surface area contributed by atoms with Crippen molar-refractivity contribution in [3.63, 3.8) is 0 Å². The SMILES string of the molecule is O=S(=O)(N1CCn2cnnc2C1)N1CCSc2c(-c3cc4cc(Cl)ccc4o3)cncc21. The molecule has 164 valence electrons. The molecule has 5 heterocycles. The maximum absolute atomic E-state index is 13.6. The summed E-state index contributed by atoms with van der Waals surface area (Å²) in [6, 6.07) is 7.34. The molecule has 0 aliphatic carbocycles. The molecule has 0 spiro atoms. The lowest BCUT2D eigenvalue weighted by Gasteiger charge is -2.36. The zero-order chi connectivity index (χ0) is 21.9. The van der Waals surface area contributed by atoms with Gasteiger partial charge in [0.25, 0.3) is 0 Å². The van der Waals surface area contributed by atoms with Crippen molar-refractivity contribution in [3.8, 4) is 11.3 Å². The van der Waals surface area contributed by atoms with Crippen molar-refractivity contribution in [2.45, 2.75) is 18.0 Å². The Kier molecular flexibility index (Phi) is 4.68. The van der Waals surface area contributed by atoms with Crippen molar-refractivity contribution in [1.82, 2.24) is 24.1 Å². The van der Waals surface area contributed by atoms with Crippen LogP contribution in [0.2, 0.25) is 5.02 Å². The maximum Gasteiger partial charge on any atom is 0.304 e. The third-order valence-electron chi connectivity index (χ3n) is 5.64. The summed E-state index contributed by atoms with van der Waals surface area (Å²) in [5.74, 6) is 1.89. The smallest absolute Gasteiger partial charge is 0.304 e. The van der Waals surface area contributed by atoms with E-state index in [-0.39, 0.29) is 6.54 Å². The van der Waals surface area contributed by atoms with Gasteiger partial charge in [-0.1, -0.05) is 11.6 Å². The number of rotatable bonds is 3. The van der Waals surface area contributed by atoms with Crippen LogP contribution in [0, 0.1) is 0 Å². The Labute approximate surface area is 193 Å². The third kappa shape index (κ3) is 3.19. The molecule has 0 N–H and O–H groups in total. The van der Waals surface area contributed by atoms with Gasteiger partial charge < -0.3 is 8.98 Å². The first-order valence-electron chi connectivity index (χ1n) is 9.95. The Morgan fingerprint density at radius 2 is 2.03 bits per heavy atom. The molecule has 6 rings (SSSR count). The highest BCUT2D eigenvalue weighted by Crippen LogP contribution is 2.44. The molecule has 0 fully saturated rings. The van der Waals surface area contributed by atoms with Gasteiger partial charge in [-0.05, 0) is 24.3 Å². The van der Waals surface area contributed by atoms with Crippen LogP contribution in [0.15, 0.2) is 52.3 Å². The van der Waals surface area contributed by atoms with Gasteiger partial charge in [0.2, 0.25) is 0 Å². The largest absolute Gasteiger partial charge is 0.456 e. The number of thioether (sulfide) groups is 1. The summed E-state index contributed by atoms with van der Waals surface area (Å²) in [7, 11) is -3.76. The minimum Gasteiger partial charge on any atom is -0.456 e. The normalized spacial score (nSPS) is 16.8. The summed E-state index contributed by atoms with van der Waals surface area (Å²) in [4.78, 5) is 5.18. The molecule has 0 atom stereocenters. The zero-order valence-electron chi connectivity index (χ0n) is 16.7. The first kappa shape index (κ1) is 20.0. The van der Waals surface area contributed by atoms with Crippen LogP contribution >= 0.6 is 23.4 Å². The van der Waals surface area contributed by atoms with Gasteiger partial charge in [-0.15, -0.1) is 22.0 Å². The topological polar surface area (TPSA) is 97.4 Å². The number of furan rings is 1. The molecule has 3 aromatic heterocycles. The Hall–Kier alpha value is -2.60. The van der Waals surface area contributed by atoms with Crippen molar-refractivity contribution in [1.29, 1.82) is 0 Å². The van der Waals surface area contributed by atoms with E-state index in [9.17, 15) is 8.42 Å². The van der Waals surface area contributed by atoms with Crippen LogP contribution in [0.25, 0.3) is 22.3 Å². The van der Waals surface area contributed by atoms with E-state index in [1.54, 1.807) is 36.5 Å². The Bertz CT molecular complexity index is 1450. The van der Waals surface area contributed by atoms with E-state index in [1.807, 2.05) is 22.8 Å². The highest BCUT2D eigenvalue weighted by atomic mass is 35.5. The van der Waals surface area contributed by atoms with Gasteiger partial charge in [0.1, 0.15) is 23.5 Å². The highest BCUT2D eigenvalue weighted by molar-refractivity contribution is 8.00. The minimum absolute atomic E-state index is 0.193. The van der Waals surface area contributed by atoms with E-state index < -0.39 is 10.2 Å².